The van der Waals surface area contributed by atoms with Gasteiger partial charge in [-0.15, -0.1) is 0 Å². The number of likely N-dealkylation sites (N-methyl/N-ethyl adjacent to an activating group) is 1. The molecule has 0 bridgehead atoms. The van der Waals surface area contributed by atoms with Crippen LogP contribution in [0.1, 0.15) is 32.4 Å². The SMILES string of the molecule is CN(CC(N)c1ccccc1F)C(=O)OC(C)(C)C. The molecule has 0 aliphatic carbocycles. The summed E-state index contributed by atoms with van der Waals surface area (Å²) in [6.45, 7) is 5.55. The van der Waals surface area contributed by atoms with Gasteiger partial charge in [-0.3, -0.25) is 0 Å². The second-order valence-corrected chi connectivity index (χ2v) is 5.49. The van der Waals surface area contributed by atoms with Crippen molar-refractivity contribution in [1.29, 1.82) is 0 Å². The normalized spacial score (nSPS) is 12.9. The number of rotatable bonds is 3. The molecular formula is C14H21FN2O2. The Morgan fingerprint density at radius 3 is 2.53 bits per heavy atom. The van der Waals surface area contributed by atoms with Gasteiger partial charge in [0.2, 0.25) is 0 Å². The Morgan fingerprint density at radius 1 is 1.42 bits per heavy atom. The average Bonchev–Trinajstić information content (AvgIpc) is 2.27. The highest BCUT2D eigenvalue weighted by atomic mass is 19.1. The number of ether oxygens (including phenoxy) is 1. The van der Waals surface area contributed by atoms with E-state index in [0.717, 1.165) is 0 Å². The molecule has 0 spiro atoms. The number of halogens is 1. The summed E-state index contributed by atoms with van der Waals surface area (Å²) in [5.41, 5.74) is 5.73. The first-order valence-corrected chi connectivity index (χ1v) is 6.15. The summed E-state index contributed by atoms with van der Waals surface area (Å²) in [4.78, 5) is 13.1. The molecule has 1 aromatic rings. The number of amides is 1. The maximum absolute atomic E-state index is 13.5. The minimum absolute atomic E-state index is 0.190. The Labute approximate surface area is 113 Å². The molecule has 0 saturated heterocycles. The predicted molar refractivity (Wildman–Crippen MR) is 72.2 cm³/mol. The molecule has 0 fully saturated rings. The third-order valence-corrected chi connectivity index (χ3v) is 2.48. The average molecular weight is 268 g/mol. The largest absolute Gasteiger partial charge is 0.444 e. The first-order chi connectivity index (χ1) is 8.70. The Morgan fingerprint density at radius 2 is 2.00 bits per heavy atom. The molecule has 0 aliphatic rings. The van der Waals surface area contributed by atoms with Crippen LogP contribution >= 0.6 is 0 Å². The van der Waals surface area contributed by atoms with Gasteiger partial charge in [0.05, 0.1) is 6.04 Å². The van der Waals surface area contributed by atoms with Crippen LogP contribution in [0.15, 0.2) is 24.3 Å². The van der Waals surface area contributed by atoms with E-state index in [1.54, 1.807) is 46.0 Å². The highest BCUT2D eigenvalue weighted by Gasteiger charge is 2.22. The molecule has 0 aliphatic heterocycles. The molecule has 0 saturated carbocycles. The Bertz CT molecular complexity index is 443. The predicted octanol–water partition coefficient (Wildman–Crippen LogP) is 2.69. The highest BCUT2D eigenvalue weighted by Crippen LogP contribution is 2.16. The van der Waals surface area contributed by atoms with Crippen LogP contribution < -0.4 is 5.73 Å². The smallest absolute Gasteiger partial charge is 0.410 e. The topological polar surface area (TPSA) is 55.6 Å². The number of hydrogen-bond acceptors (Lipinski definition) is 3. The van der Waals surface area contributed by atoms with Gasteiger partial charge in [-0.05, 0) is 26.8 Å². The number of nitrogens with zero attached hydrogens (tertiary/aromatic N) is 1. The Balaban J connectivity index is 2.64. The number of hydrogen-bond donors (Lipinski definition) is 1. The van der Waals surface area contributed by atoms with E-state index >= 15 is 0 Å². The van der Waals surface area contributed by atoms with Gasteiger partial charge < -0.3 is 15.4 Å². The van der Waals surface area contributed by atoms with Crippen molar-refractivity contribution < 1.29 is 13.9 Å². The summed E-state index contributed by atoms with van der Waals surface area (Å²) in [6.07, 6.45) is -0.473. The molecule has 1 aromatic carbocycles. The van der Waals surface area contributed by atoms with Crippen molar-refractivity contribution in [1.82, 2.24) is 4.90 Å². The number of nitrogens with two attached hydrogens (primary N) is 1. The quantitative estimate of drug-likeness (QED) is 0.917. The van der Waals surface area contributed by atoms with Crippen LogP contribution in [0.2, 0.25) is 0 Å². The fourth-order valence-corrected chi connectivity index (χ4v) is 1.58. The van der Waals surface area contributed by atoms with E-state index in [9.17, 15) is 9.18 Å². The van der Waals surface area contributed by atoms with Crippen molar-refractivity contribution in [3.05, 3.63) is 35.6 Å². The van der Waals surface area contributed by atoms with Crippen molar-refractivity contribution in [2.75, 3.05) is 13.6 Å². The van der Waals surface area contributed by atoms with E-state index in [1.807, 2.05) is 0 Å². The Kier molecular flexibility index (Phi) is 4.89. The second-order valence-electron chi connectivity index (χ2n) is 5.49. The molecular weight excluding hydrogens is 247 g/mol. The van der Waals surface area contributed by atoms with Gasteiger partial charge in [-0.1, -0.05) is 18.2 Å². The van der Waals surface area contributed by atoms with E-state index in [2.05, 4.69) is 0 Å². The number of carbonyl (C=O) groups excluding carboxylic acids is 1. The van der Waals surface area contributed by atoms with Crippen LogP contribution in [0.25, 0.3) is 0 Å². The van der Waals surface area contributed by atoms with Crippen molar-refractivity contribution >= 4 is 6.09 Å². The summed E-state index contributed by atoms with van der Waals surface area (Å²) in [7, 11) is 1.58. The van der Waals surface area contributed by atoms with Gasteiger partial charge in [0.1, 0.15) is 11.4 Å². The lowest BCUT2D eigenvalue weighted by Crippen LogP contribution is -2.38. The van der Waals surface area contributed by atoms with Crippen LogP contribution in [0.3, 0.4) is 0 Å². The lowest BCUT2D eigenvalue weighted by Gasteiger charge is -2.26. The molecule has 1 unspecified atom stereocenters. The fourth-order valence-electron chi connectivity index (χ4n) is 1.58. The third-order valence-electron chi connectivity index (χ3n) is 2.48. The molecule has 0 heterocycles. The molecule has 106 valence electrons. The minimum Gasteiger partial charge on any atom is -0.444 e. The van der Waals surface area contributed by atoms with E-state index in [-0.39, 0.29) is 12.4 Å². The molecule has 4 nitrogen and oxygen atoms in total. The van der Waals surface area contributed by atoms with Gasteiger partial charge in [0.25, 0.3) is 0 Å². The van der Waals surface area contributed by atoms with Gasteiger partial charge >= 0.3 is 6.09 Å². The first kappa shape index (κ1) is 15.4. The van der Waals surface area contributed by atoms with E-state index in [0.29, 0.717) is 5.56 Å². The molecule has 0 aromatic heterocycles. The van der Waals surface area contributed by atoms with Crippen molar-refractivity contribution in [3.8, 4) is 0 Å². The van der Waals surface area contributed by atoms with E-state index in [4.69, 9.17) is 10.5 Å². The summed E-state index contributed by atoms with van der Waals surface area (Å²) >= 11 is 0. The molecule has 19 heavy (non-hydrogen) atoms. The zero-order valence-corrected chi connectivity index (χ0v) is 11.8. The van der Waals surface area contributed by atoms with E-state index < -0.39 is 17.7 Å². The first-order valence-electron chi connectivity index (χ1n) is 6.15. The monoisotopic (exact) mass is 268 g/mol. The van der Waals surface area contributed by atoms with Gasteiger partial charge in [0.15, 0.2) is 0 Å². The van der Waals surface area contributed by atoms with Crippen molar-refractivity contribution in [2.45, 2.75) is 32.4 Å². The molecule has 1 rings (SSSR count). The molecule has 0 radical (unpaired) electrons. The maximum atomic E-state index is 13.5. The van der Waals surface area contributed by atoms with Gasteiger partial charge in [-0.25, -0.2) is 9.18 Å². The van der Waals surface area contributed by atoms with Crippen molar-refractivity contribution in [2.24, 2.45) is 5.73 Å². The lowest BCUT2D eigenvalue weighted by molar-refractivity contribution is 0.0288. The van der Waals surface area contributed by atoms with Crippen molar-refractivity contribution in [3.63, 3.8) is 0 Å². The maximum Gasteiger partial charge on any atom is 0.410 e. The number of benzene rings is 1. The molecule has 2 N–H and O–H groups in total. The standard InChI is InChI=1S/C14H21FN2O2/c1-14(2,3)19-13(18)17(4)9-12(16)10-7-5-6-8-11(10)15/h5-8,12H,9,16H2,1-4H3. The highest BCUT2D eigenvalue weighted by molar-refractivity contribution is 5.67. The molecule has 1 amide bonds. The summed E-state index contributed by atoms with van der Waals surface area (Å²) in [6, 6.07) is 5.69. The van der Waals surface area contributed by atoms with Crippen LogP contribution in [-0.4, -0.2) is 30.2 Å². The van der Waals surface area contributed by atoms with Crippen LogP contribution in [-0.2, 0) is 4.74 Å². The summed E-state index contributed by atoms with van der Waals surface area (Å²) in [5, 5.41) is 0. The zero-order valence-electron chi connectivity index (χ0n) is 11.8. The fraction of sp³-hybridized carbons (Fsp3) is 0.500. The summed E-state index contributed by atoms with van der Waals surface area (Å²) in [5.74, 6) is -0.368. The van der Waals surface area contributed by atoms with E-state index in [1.165, 1.54) is 11.0 Å². The molecule has 1 atom stereocenters. The molecule has 5 heteroatoms. The number of carbonyl (C=O) groups is 1. The summed E-state index contributed by atoms with van der Waals surface area (Å²) < 4.78 is 18.8. The van der Waals surface area contributed by atoms with Crippen LogP contribution in [0, 0.1) is 5.82 Å². The van der Waals surface area contributed by atoms with Crippen LogP contribution in [0.5, 0.6) is 0 Å². The third kappa shape index (κ3) is 4.87. The second kappa shape index (κ2) is 6.02. The van der Waals surface area contributed by atoms with Gasteiger partial charge in [-0.2, -0.15) is 0 Å². The van der Waals surface area contributed by atoms with Gasteiger partial charge in [0, 0.05) is 19.2 Å². The lowest BCUT2D eigenvalue weighted by atomic mass is 10.1. The van der Waals surface area contributed by atoms with Crippen LogP contribution in [0.4, 0.5) is 9.18 Å². The Hall–Kier alpha value is -1.62. The zero-order chi connectivity index (χ0) is 14.6. The minimum atomic E-state index is -0.585.